The second-order valence-corrected chi connectivity index (χ2v) is 5.93. The summed E-state index contributed by atoms with van der Waals surface area (Å²) in [5, 5.41) is 15.9. The number of hydrogen-bond donors (Lipinski definition) is 4. The Bertz CT molecular complexity index is 967. The van der Waals surface area contributed by atoms with Gasteiger partial charge in [0.2, 0.25) is 5.91 Å². The highest BCUT2D eigenvalue weighted by Gasteiger charge is 2.10. The molecule has 8 nitrogen and oxygen atoms in total. The minimum atomic E-state index is -0.384. The van der Waals surface area contributed by atoms with Gasteiger partial charge in [0.1, 0.15) is 5.75 Å². The van der Waals surface area contributed by atoms with Gasteiger partial charge in [0.15, 0.2) is 5.82 Å². The maximum absolute atomic E-state index is 12.0. The van der Waals surface area contributed by atoms with Crippen LogP contribution in [0.25, 0.3) is 22.0 Å². The van der Waals surface area contributed by atoms with Crippen LogP contribution in [0, 0.1) is 0 Å². The lowest BCUT2D eigenvalue weighted by atomic mass is 10.0. The predicted octanol–water partition coefficient (Wildman–Crippen LogP) is 2.50. The molecule has 140 valence electrons. The Balaban J connectivity index is 1.70. The van der Waals surface area contributed by atoms with E-state index in [2.05, 4.69) is 26.1 Å². The highest BCUT2D eigenvalue weighted by atomic mass is 16.5. The van der Waals surface area contributed by atoms with E-state index in [1.54, 1.807) is 7.11 Å². The molecule has 3 aromatic rings. The van der Waals surface area contributed by atoms with Crippen molar-refractivity contribution in [2.75, 3.05) is 25.5 Å². The van der Waals surface area contributed by atoms with Gasteiger partial charge in [0.05, 0.1) is 12.6 Å². The van der Waals surface area contributed by atoms with Gasteiger partial charge in [0.25, 0.3) is 0 Å². The number of hydrogen-bond acceptors (Lipinski definition) is 4. The minimum Gasteiger partial charge on any atom is -0.497 e. The summed E-state index contributed by atoms with van der Waals surface area (Å²) in [6.45, 7) is 2.12. The molecule has 27 heavy (non-hydrogen) atoms. The summed E-state index contributed by atoms with van der Waals surface area (Å²) in [7, 11) is 1.64. The lowest BCUT2D eigenvalue weighted by Crippen LogP contribution is -2.36. The van der Waals surface area contributed by atoms with Gasteiger partial charge in [-0.2, -0.15) is 5.10 Å². The Morgan fingerprint density at radius 1 is 1.07 bits per heavy atom. The van der Waals surface area contributed by atoms with Gasteiger partial charge in [0, 0.05) is 25.4 Å². The molecular formula is C19H21N5O3. The fourth-order valence-corrected chi connectivity index (χ4v) is 2.66. The number of aromatic amines is 1. The summed E-state index contributed by atoms with van der Waals surface area (Å²) in [4.78, 5) is 22.8. The number of fused-ring (bicyclic) bond motifs is 1. The first-order valence-electron chi connectivity index (χ1n) is 8.48. The highest BCUT2D eigenvalue weighted by Crippen LogP contribution is 2.28. The molecule has 0 aliphatic carbocycles. The number of aromatic nitrogens is 2. The number of carbonyl (C=O) groups excluding carboxylic acids is 2. The van der Waals surface area contributed by atoms with E-state index in [9.17, 15) is 9.59 Å². The zero-order valence-electron chi connectivity index (χ0n) is 15.1. The monoisotopic (exact) mass is 367 g/mol. The lowest BCUT2D eigenvalue weighted by Gasteiger charge is -2.07. The van der Waals surface area contributed by atoms with Crippen LogP contribution in [0.15, 0.2) is 42.5 Å². The first kappa shape index (κ1) is 18.2. The highest BCUT2D eigenvalue weighted by molar-refractivity contribution is 6.00. The van der Waals surface area contributed by atoms with Crippen molar-refractivity contribution in [3.63, 3.8) is 0 Å². The van der Waals surface area contributed by atoms with Crippen LogP contribution in [0.5, 0.6) is 5.75 Å². The Morgan fingerprint density at radius 2 is 1.85 bits per heavy atom. The Kier molecular flexibility index (Phi) is 5.55. The van der Waals surface area contributed by atoms with E-state index in [1.165, 1.54) is 6.92 Å². The van der Waals surface area contributed by atoms with Crippen molar-refractivity contribution in [2.24, 2.45) is 0 Å². The van der Waals surface area contributed by atoms with Crippen LogP contribution in [0.4, 0.5) is 10.6 Å². The molecule has 0 radical (unpaired) electrons. The molecule has 0 aliphatic heterocycles. The van der Waals surface area contributed by atoms with Gasteiger partial charge in [-0.25, -0.2) is 4.79 Å². The number of anilines is 1. The van der Waals surface area contributed by atoms with Crippen LogP contribution in [0.1, 0.15) is 6.92 Å². The molecule has 2 aromatic carbocycles. The van der Waals surface area contributed by atoms with Crippen LogP contribution in [-0.4, -0.2) is 42.3 Å². The van der Waals surface area contributed by atoms with Crippen molar-refractivity contribution in [3.8, 4) is 16.9 Å². The van der Waals surface area contributed by atoms with Gasteiger partial charge >= 0.3 is 6.03 Å². The number of nitrogens with zero attached hydrogens (tertiary/aromatic N) is 1. The van der Waals surface area contributed by atoms with E-state index in [-0.39, 0.29) is 11.9 Å². The van der Waals surface area contributed by atoms with E-state index in [1.807, 2.05) is 42.5 Å². The molecule has 0 saturated heterocycles. The number of carbonyl (C=O) groups is 2. The Labute approximate surface area is 156 Å². The summed E-state index contributed by atoms with van der Waals surface area (Å²) in [5.74, 6) is 1.09. The molecule has 0 atom stereocenters. The smallest absolute Gasteiger partial charge is 0.320 e. The number of urea groups is 1. The fourth-order valence-electron chi connectivity index (χ4n) is 2.66. The van der Waals surface area contributed by atoms with Crippen molar-refractivity contribution < 1.29 is 14.3 Å². The van der Waals surface area contributed by atoms with Gasteiger partial charge in [-0.1, -0.05) is 18.2 Å². The van der Waals surface area contributed by atoms with Gasteiger partial charge < -0.3 is 15.4 Å². The standard InChI is InChI=1S/C19H21N5O3/c1-12(25)20-8-9-21-19(26)22-18-16-7-6-14(11-17(16)23-24-18)13-4-3-5-15(10-13)27-2/h3-7,10-11H,8-9H2,1-2H3,(H,20,25)(H3,21,22,23,24,26). The molecular weight excluding hydrogens is 346 g/mol. The zero-order valence-corrected chi connectivity index (χ0v) is 15.1. The van der Waals surface area contributed by atoms with Crippen molar-refractivity contribution in [2.45, 2.75) is 6.92 Å². The third-order valence-electron chi connectivity index (χ3n) is 3.98. The molecule has 1 heterocycles. The fraction of sp³-hybridized carbons (Fsp3) is 0.211. The molecule has 1 aromatic heterocycles. The van der Waals surface area contributed by atoms with Gasteiger partial charge in [-0.3, -0.25) is 15.2 Å². The Morgan fingerprint density at radius 3 is 2.63 bits per heavy atom. The summed E-state index contributed by atoms with van der Waals surface area (Å²) >= 11 is 0. The molecule has 3 rings (SSSR count). The first-order valence-corrected chi connectivity index (χ1v) is 8.48. The number of amides is 3. The molecule has 0 bridgehead atoms. The number of nitrogens with one attached hydrogen (secondary N) is 4. The summed E-state index contributed by atoms with van der Waals surface area (Å²) in [6, 6.07) is 13.2. The largest absolute Gasteiger partial charge is 0.497 e. The third-order valence-corrected chi connectivity index (χ3v) is 3.98. The second-order valence-electron chi connectivity index (χ2n) is 5.93. The van der Waals surface area contributed by atoms with E-state index in [4.69, 9.17) is 4.74 Å². The van der Waals surface area contributed by atoms with Crippen molar-refractivity contribution in [1.82, 2.24) is 20.8 Å². The quantitative estimate of drug-likeness (QED) is 0.502. The molecule has 0 fully saturated rings. The molecule has 3 amide bonds. The van der Waals surface area contributed by atoms with Crippen LogP contribution in [-0.2, 0) is 4.79 Å². The van der Waals surface area contributed by atoms with E-state index in [0.29, 0.717) is 18.9 Å². The van der Waals surface area contributed by atoms with Crippen LogP contribution in [0.3, 0.4) is 0 Å². The maximum Gasteiger partial charge on any atom is 0.320 e. The Hall–Kier alpha value is -3.55. The van der Waals surface area contributed by atoms with Gasteiger partial charge in [-0.05, 0) is 35.4 Å². The first-order chi connectivity index (χ1) is 13.1. The van der Waals surface area contributed by atoms with Crippen LogP contribution in [0.2, 0.25) is 0 Å². The van der Waals surface area contributed by atoms with E-state index < -0.39 is 0 Å². The average molecular weight is 367 g/mol. The van der Waals surface area contributed by atoms with Crippen molar-refractivity contribution in [1.29, 1.82) is 0 Å². The molecule has 0 aliphatic rings. The van der Waals surface area contributed by atoms with Crippen LogP contribution < -0.4 is 20.7 Å². The third kappa shape index (κ3) is 4.55. The average Bonchev–Trinajstić information content (AvgIpc) is 3.07. The minimum absolute atomic E-state index is 0.137. The predicted molar refractivity (Wildman–Crippen MR) is 104 cm³/mol. The SMILES string of the molecule is COc1cccc(-c2ccc3c(NC(=O)NCCNC(C)=O)n[nH]c3c2)c1. The molecule has 0 saturated carbocycles. The molecule has 0 spiro atoms. The molecule has 4 N–H and O–H groups in total. The molecule has 8 heteroatoms. The normalized spacial score (nSPS) is 10.4. The topological polar surface area (TPSA) is 108 Å². The van der Waals surface area contributed by atoms with Crippen molar-refractivity contribution in [3.05, 3.63) is 42.5 Å². The van der Waals surface area contributed by atoms with Crippen LogP contribution >= 0.6 is 0 Å². The number of methoxy groups -OCH3 is 1. The second kappa shape index (κ2) is 8.22. The zero-order chi connectivity index (χ0) is 19.2. The number of benzene rings is 2. The lowest BCUT2D eigenvalue weighted by molar-refractivity contribution is -0.118. The number of H-pyrrole nitrogens is 1. The summed E-state index contributed by atoms with van der Waals surface area (Å²) in [6.07, 6.45) is 0. The summed E-state index contributed by atoms with van der Waals surface area (Å²) < 4.78 is 5.27. The molecule has 0 unspecified atom stereocenters. The summed E-state index contributed by atoms with van der Waals surface area (Å²) in [5.41, 5.74) is 2.84. The van der Waals surface area contributed by atoms with E-state index in [0.717, 1.165) is 27.8 Å². The number of rotatable bonds is 6. The van der Waals surface area contributed by atoms with Crippen molar-refractivity contribution >= 4 is 28.7 Å². The maximum atomic E-state index is 12.0. The number of ether oxygens (including phenoxy) is 1. The van der Waals surface area contributed by atoms with E-state index >= 15 is 0 Å². The van der Waals surface area contributed by atoms with Gasteiger partial charge in [-0.15, -0.1) is 0 Å².